The number of anilines is 1. The van der Waals surface area contributed by atoms with Gasteiger partial charge in [0.05, 0.1) is 8.66 Å². The van der Waals surface area contributed by atoms with Crippen molar-refractivity contribution in [2.24, 2.45) is 0 Å². The minimum atomic E-state index is -0.324. The van der Waals surface area contributed by atoms with Gasteiger partial charge in [0.1, 0.15) is 0 Å². The molecule has 0 fully saturated rings. The first-order valence-electron chi connectivity index (χ1n) is 5.88. The first kappa shape index (κ1) is 15.5. The normalized spacial score (nSPS) is 10.7. The highest BCUT2D eigenvalue weighted by molar-refractivity contribution is 9.11. The molecule has 1 N–H and O–H groups in total. The van der Waals surface area contributed by atoms with E-state index in [1.54, 1.807) is 30.3 Å². The molecule has 0 aliphatic rings. The second-order valence-corrected chi connectivity index (χ2v) is 7.46. The fourth-order valence-corrected chi connectivity index (χ4v) is 3.47. The predicted molar refractivity (Wildman–Crippen MR) is 89.7 cm³/mol. The van der Waals surface area contributed by atoms with Crippen LogP contribution in [0.2, 0.25) is 10.0 Å². The summed E-state index contributed by atoms with van der Waals surface area (Å²) >= 11 is 16.5. The van der Waals surface area contributed by atoms with Gasteiger partial charge in [-0.05, 0) is 46.3 Å². The van der Waals surface area contributed by atoms with E-state index >= 15 is 0 Å². The quantitative estimate of drug-likeness (QED) is 0.640. The van der Waals surface area contributed by atoms with Crippen LogP contribution in [0.3, 0.4) is 0 Å². The average molecular weight is 419 g/mol. The van der Waals surface area contributed by atoms with E-state index in [1.807, 2.05) is 0 Å². The lowest BCUT2D eigenvalue weighted by atomic mass is 10.2. The van der Waals surface area contributed by atoms with Crippen LogP contribution in [0.25, 0.3) is 11.5 Å². The monoisotopic (exact) mass is 417 g/mol. The Morgan fingerprint density at radius 2 is 1.91 bits per heavy atom. The SMILES string of the molecule is O=C(Nc1nnc(-c2cc(Cl)cc(Cl)c2)o1)c1ccc(Br)s1. The molecule has 0 saturated heterocycles. The number of hydrogen-bond donors (Lipinski definition) is 1. The number of benzene rings is 1. The summed E-state index contributed by atoms with van der Waals surface area (Å²) in [7, 11) is 0. The van der Waals surface area contributed by atoms with E-state index in [4.69, 9.17) is 27.6 Å². The Morgan fingerprint density at radius 1 is 1.18 bits per heavy atom. The van der Waals surface area contributed by atoms with Gasteiger partial charge in [-0.3, -0.25) is 10.1 Å². The fourth-order valence-electron chi connectivity index (χ4n) is 1.66. The zero-order valence-corrected chi connectivity index (χ0v) is 14.6. The van der Waals surface area contributed by atoms with E-state index < -0.39 is 0 Å². The Balaban J connectivity index is 1.80. The molecule has 0 aliphatic heterocycles. The maximum Gasteiger partial charge on any atom is 0.322 e. The van der Waals surface area contributed by atoms with Gasteiger partial charge < -0.3 is 4.42 Å². The molecule has 0 bridgehead atoms. The third-order valence-electron chi connectivity index (χ3n) is 2.55. The summed E-state index contributed by atoms with van der Waals surface area (Å²) in [5, 5.41) is 11.1. The van der Waals surface area contributed by atoms with E-state index in [-0.39, 0.29) is 17.8 Å². The lowest BCUT2D eigenvalue weighted by Crippen LogP contribution is -2.10. The van der Waals surface area contributed by atoms with Crippen molar-refractivity contribution in [1.29, 1.82) is 0 Å². The summed E-state index contributed by atoms with van der Waals surface area (Å²) in [5.74, 6) is -0.109. The van der Waals surface area contributed by atoms with Gasteiger partial charge >= 0.3 is 6.01 Å². The molecule has 0 saturated carbocycles. The van der Waals surface area contributed by atoms with Gasteiger partial charge in [0.25, 0.3) is 5.91 Å². The maximum absolute atomic E-state index is 12.0. The third-order valence-corrected chi connectivity index (χ3v) is 4.61. The first-order chi connectivity index (χ1) is 10.5. The largest absolute Gasteiger partial charge is 0.403 e. The Morgan fingerprint density at radius 3 is 2.55 bits per heavy atom. The number of rotatable bonds is 3. The van der Waals surface area contributed by atoms with Crippen LogP contribution >= 0.6 is 50.5 Å². The Labute approximate surface area is 147 Å². The summed E-state index contributed by atoms with van der Waals surface area (Å²) in [5.41, 5.74) is 0.573. The van der Waals surface area contributed by atoms with Crippen LogP contribution in [-0.4, -0.2) is 16.1 Å². The van der Waals surface area contributed by atoms with Gasteiger partial charge in [-0.1, -0.05) is 28.3 Å². The molecule has 3 rings (SSSR count). The fraction of sp³-hybridized carbons (Fsp3) is 0. The van der Waals surface area contributed by atoms with Crippen molar-refractivity contribution in [3.63, 3.8) is 0 Å². The van der Waals surface area contributed by atoms with E-state index in [2.05, 4.69) is 31.4 Å². The highest BCUT2D eigenvalue weighted by Crippen LogP contribution is 2.28. The number of aromatic nitrogens is 2. The van der Waals surface area contributed by atoms with E-state index in [1.165, 1.54) is 11.3 Å². The van der Waals surface area contributed by atoms with Crippen molar-refractivity contribution in [2.45, 2.75) is 0 Å². The van der Waals surface area contributed by atoms with Crippen LogP contribution in [0.5, 0.6) is 0 Å². The molecule has 9 heteroatoms. The average Bonchev–Trinajstić information content (AvgIpc) is 3.06. The molecule has 1 amide bonds. The summed E-state index contributed by atoms with van der Waals surface area (Å²) in [6.45, 7) is 0. The second kappa shape index (κ2) is 6.37. The van der Waals surface area contributed by atoms with Gasteiger partial charge in [0, 0.05) is 15.6 Å². The molecule has 0 radical (unpaired) electrons. The van der Waals surface area contributed by atoms with Crippen molar-refractivity contribution in [2.75, 3.05) is 5.32 Å². The minimum Gasteiger partial charge on any atom is -0.403 e. The molecule has 0 aliphatic carbocycles. The molecule has 1 aromatic carbocycles. The Kier molecular flexibility index (Phi) is 4.49. The number of carbonyl (C=O) groups is 1. The number of thiophene rings is 1. The smallest absolute Gasteiger partial charge is 0.322 e. The highest BCUT2D eigenvalue weighted by Gasteiger charge is 2.14. The molecule has 2 heterocycles. The molecule has 2 aromatic heterocycles. The summed E-state index contributed by atoms with van der Waals surface area (Å²) in [6, 6.07) is 8.36. The molecule has 0 unspecified atom stereocenters. The van der Waals surface area contributed by atoms with Crippen molar-refractivity contribution < 1.29 is 9.21 Å². The zero-order valence-electron chi connectivity index (χ0n) is 10.6. The lowest BCUT2D eigenvalue weighted by molar-refractivity contribution is 0.102. The van der Waals surface area contributed by atoms with Gasteiger partial charge in [-0.2, -0.15) is 0 Å². The lowest BCUT2D eigenvalue weighted by Gasteiger charge is -1.98. The van der Waals surface area contributed by atoms with Gasteiger partial charge in [-0.25, -0.2) is 0 Å². The second-order valence-electron chi connectivity index (χ2n) is 4.13. The Bertz CT molecular complexity index is 829. The van der Waals surface area contributed by atoms with E-state index in [0.717, 1.165) is 3.79 Å². The van der Waals surface area contributed by atoms with Crippen molar-refractivity contribution in [1.82, 2.24) is 10.2 Å². The standard InChI is InChI=1S/C13H6BrCl2N3O2S/c14-10-2-1-9(22-10)11(20)17-13-19-18-12(21-13)6-3-7(15)5-8(16)4-6/h1-5H,(H,17,19,20). The molecule has 22 heavy (non-hydrogen) atoms. The van der Waals surface area contributed by atoms with Crippen LogP contribution in [0.15, 0.2) is 38.5 Å². The van der Waals surface area contributed by atoms with Crippen LogP contribution in [0.1, 0.15) is 9.67 Å². The molecule has 0 spiro atoms. The van der Waals surface area contributed by atoms with Crippen molar-refractivity contribution in [3.05, 3.63) is 49.0 Å². The van der Waals surface area contributed by atoms with Crippen molar-refractivity contribution in [3.8, 4) is 11.5 Å². The van der Waals surface area contributed by atoms with Gasteiger partial charge in [0.2, 0.25) is 5.89 Å². The predicted octanol–water partition coefficient (Wildman–Crippen LogP) is 5.12. The van der Waals surface area contributed by atoms with E-state index in [0.29, 0.717) is 20.5 Å². The summed E-state index contributed by atoms with van der Waals surface area (Å²) < 4.78 is 6.26. The van der Waals surface area contributed by atoms with Crippen LogP contribution in [0, 0.1) is 0 Å². The number of nitrogens with zero attached hydrogens (tertiary/aromatic N) is 2. The van der Waals surface area contributed by atoms with Crippen molar-refractivity contribution >= 4 is 62.4 Å². The molecule has 3 aromatic rings. The topological polar surface area (TPSA) is 68.0 Å². The maximum atomic E-state index is 12.0. The molecular weight excluding hydrogens is 413 g/mol. The Hall–Kier alpha value is -1.41. The van der Waals surface area contributed by atoms with E-state index in [9.17, 15) is 4.79 Å². The molecule has 0 atom stereocenters. The zero-order chi connectivity index (χ0) is 15.7. The summed E-state index contributed by atoms with van der Waals surface area (Å²) in [6.07, 6.45) is 0. The van der Waals surface area contributed by atoms with Crippen LogP contribution in [-0.2, 0) is 0 Å². The number of carbonyl (C=O) groups excluding carboxylic acids is 1. The van der Waals surface area contributed by atoms with Gasteiger partial charge in [-0.15, -0.1) is 16.4 Å². The number of nitrogens with one attached hydrogen (secondary N) is 1. The van der Waals surface area contributed by atoms with Crippen LogP contribution < -0.4 is 5.32 Å². The first-order valence-corrected chi connectivity index (χ1v) is 8.24. The van der Waals surface area contributed by atoms with Crippen LogP contribution in [0.4, 0.5) is 6.01 Å². The molecule has 112 valence electrons. The minimum absolute atomic E-state index is 0.000574. The third kappa shape index (κ3) is 3.49. The number of amides is 1. The summed E-state index contributed by atoms with van der Waals surface area (Å²) in [4.78, 5) is 12.5. The highest BCUT2D eigenvalue weighted by atomic mass is 79.9. The number of halogens is 3. The number of hydrogen-bond acceptors (Lipinski definition) is 5. The molecular formula is C13H6BrCl2N3O2S. The molecule has 5 nitrogen and oxygen atoms in total. The van der Waals surface area contributed by atoms with Gasteiger partial charge in [0.15, 0.2) is 0 Å².